The highest BCUT2D eigenvalue weighted by molar-refractivity contribution is 5.22. The number of dihydropyridines is 1. The van der Waals surface area contributed by atoms with E-state index in [0.29, 0.717) is 0 Å². The Hall–Kier alpha value is -0.720. The van der Waals surface area contributed by atoms with Crippen LogP contribution in [0.5, 0.6) is 0 Å². The second kappa shape index (κ2) is 5.23. The van der Waals surface area contributed by atoms with Gasteiger partial charge in [0.05, 0.1) is 6.04 Å². The fourth-order valence-corrected chi connectivity index (χ4v) is 2.43. The van der Waals surface area contributed by atoms with Crippen molar-refractivity contribution < 1.29 is 0 Å². The Morgan fingerprint density at radius 2 is 1.64 bits per heavy atom. The molecule has 1 fully saturated rings. The smallest absolute Gasteiger partial charge is 0.0852 e. The van der Waals surface area contributed by atoms with Gasteiger partial charge in [-0.1, -0.05) is 44.3 Å². The van der Waals surface area contributed by atoms with Crippen LogP contribution in [0.1, 0.15) is 44.9 Å². The van der Waals surface area contributed by atoms with Gasteiger partial charge in [0.1, 0.15) is 0 Å². The van der Waals surface area contributed by atoms with Crippen molar-refractivity contribution >= 4 is 0 Å². The van der Waals surface area contributed by atoms with E-state index in [1.807, 2.05) is 6.20 Å². The summed E-state index contributed by atoms with van der Waals surface area (Å²) in [7, 11) is 0. The standard InChI is InChI=1S/C13H20N/c1-2-4-8-12(9-5-3-1)13-10-6-7-11-14-13/h6-7,10-12,14H,1-5,8-9H2. The second-order valence-electron chi connectivity index (χ2n) is 4.36. The van der Waals surface area contributed by atoms with Crippen molar-refractivity contribution in [2.24, 2.45) is 5.92 Å². The lowest BCUT2D eigenvalue weighted by molar-refractivity contribution is 0.384. The Kier molecular flexibility index (Phi) is 3.67. The van der Waals surface area contributed by atoms with Crippen LogP contribution in [0.4, 0.5) is 0 Å². The molecule has 0 saturated heterocycles. The largest absolute Gasteiger partial charge is 0.379 e. The Labute approximate surface area is 87.3 Å². The first-order chi connectivity index (χ1) is 6.97. The Morgan fingerprint density at radius 1 is 0.929 bits per heavy atom. The minimum atomic E-state index is 0.788. The van der Waals surface area contributed by atoms with Crippen molar-refractivity contribution in [2.75, 3.05) is 0 Å². The SMILES string of the molecule is C1=CN[C](C2CCCCCCC2)C=C1. The van der Waals surface area contributed by atoms with Gasteiger partial charge in [0.25, 0.3) is 0 Å². The second-order valence-corrected chi connectivity index (χ2v) is 4.36. The summed E-state index contributed by atoms with van der Waals surface area (Å²) in [6, 6.07) is 1.44. The summed E-state index contributed by atoms with van der Waals surface area (Å²) in [5.41, 5.74) is 0. The average Bonchev–Trinajstić information content (AvgIpc) is 2.18. The molecular formula is C13H20N. The lowest BCUT2D eigenvalue weighted by Crippen LogP contribution is -2.24. The van der Waals surface area contributed by atoms with E-state index in [0.717, 1.165) is 5.92 Å². The third-order valence-electron chi connectivity index (χ3n) is 3.28. The van der Waals surface area contributed by atoms with Gasteiger partial charge in [-0.05, 0) is 31.0 Å². The molecule has 1 nitrogen and oxygen atoms in total. The molecule has 0 aromatic rings. The number of hydrogen-bond acceptors (Lipinski definition) is 1. The van der Waals surface area contributed by atoms with Crippen molar-refractivity contribution in [3.8, 4) is 0 Å². The van der Waals surface area contributed by atoms with Crippen molar-refractivity contribution in [3.63, 3.8) is 0 Å². The van der Waals surface area contributed by atoms with Crippen LogP contribution in [0.3, 0.4) is 0 Å². The highest BCUT2D eigenvalue weighted by Crippen LogP contribution is 2.29. The summed E-state index contributed by atoms with van der Waals surface area (Å²) < 4.78 is 0. The molecule has 0 amide bonds. The first-order valence-corrected chi connectivity index (χ1v) is 5.93. The van der Waals surface area contributed by atoms with Crippen molar-refractivity contribution in [1.82, 2.24) is 5.32 Å². The van der Waals surface area contributed by atoms with Gasteiger partial charge in [-0.15, -0.1) is 0 Å². The number of allylic oxidation sites excluding steroid dienone is 2. The number of hydrogen-bond donors (Lipinski definition) is 1. The van der Waals surface area contributed by atoms with Crippen LogP contribution in [0, 0.1) is 12.0 Å². The minimum absolute atomic E-state index is 0.788. The van der Waals surface area contributed by atoms with Crippen molar-refractivity contribution in [3.05, 3.63) is 30.5 Å². The molecule has 0 bridgehead atoms. The highest BCUT2D eigenvalue weighted by atomic mass is 14.9. The molecule has 1 saturated carbocycles. The maximum absolute atomic E-state index is 3.39. The van der Waals surface area contributed by atoms with Crippen LogP contribution in [0.15, 0.2) is 24.4 Å². The third-order valence-corrected chi connectivity index (χ3v) is 3.28. The molecule has 1 radical (unpaired) electrons. The molecule has 14 heavy (non-hydrogen) atoms. The summed E-state index contributed by atoms with van der Waals surface area (Å²) in [6.45, 7) is 0. The van der Waals surface area contributed by atoms with E-state index >= 15 is 0 Å². The predicted molar refractivity (Wildman–Crippen MR) is 60.5 cm³/mol. The van der Waals surface area contributed by atoms with Gasteiger partial charge in [0.15, 0.2) is 0 Å². The van der Waals surface area contributed by atoms with Crippen LogP contribution in [-0.2, 0) is 0 Å². The number of rotatable bonds is 1. The zero-order chi connectivity index (χ0) is 9.64. The van der Waals surface area contributed by atoms with Gasteiger partial charge in [-0.3, -0.25) is 0 Å². The molecule has 1 heteroatoms. The van der Waals surface area contributed by atoms with Crippen LogP contribution in [0.25, 0.3) is 0 Å². The molecule has 2 aliphatic rings. The van der Waals surface area contributed by atoms with Gasteiger partial charge < -0.3 is 5.32 Å². The fourth-order valence-electron chi connectivity index (χ4n) is 2.43. The molecule has 1 N–H and O–H groups in total. The van der Waals surface area contributed by atoms with E-state index < -0.39 is 0 Å². The monoisotopic (exact) mass is 190 g/mol. The first-order valence-electron chi connectivity index (χ1n) is 5.93. The molecule has 0 spiro atoms. The summed E-state index contributed by atoms with van der Waals surface area (Å²) >= 11 is 0. The van der Waals surface area contributed by atoms with Gasteiger partial charge in [0, 0.05) is 0 Å². The van der Waals surface area contributed by atoms with Crippen molar-refractivity contribution in [2.45, 2.75) is 44.9 Å². The summed E-state index contributed by atoms with van der Waals surface area (Å²) in [4.78, 5) is 0. The fraction of sp³-hybridized carbons (Fsp3) is 0.615. The van der Waals surface area contributed by atoms with Gasteiger partial charge in [0.2, 0.25) is 0 Å². The molecule has 2 rings (SSSR count). The van der Waals surface area contributed by atoms with Crippen molar-refractivity contribution in [1.29, 1.82) is 0 Å². The maximum Gasteiger partial charge on any atom is 0.0852 e. The van der Waals surface area contributed by atoms with Gasteiger partial charge in [-0.2, -0.15) is 0 Å². The normalized spacial score (nSPS) is 25.4. The van der Waals surface area contributed by atoms with Crippen LogP contribution in [-0.4, -0.2) is 0 Å². The van der Waals surface area contributed by atoms with Gasteiger partial charge >= 0.3 is 0 Å². The minimum Gasteiger partial charge on any atom is -0.379 e. The highest BCUT2D eigenvalue weighted by Gasteiger charge is 2.20. The van der Waals surface area contributed by atoms with E-state index in [1.165, 1.54) is 51.0 Å². The topological polar surface area (TPSA) is 12.0 Å². The zero-order valence-corrected chi connectivity index (χ0v) is 8.84. The predicted octanol–water partition coefficient (Wildman–Crippen LogP) is 3.55. The molecule has 77 valence electrons. The maximum atomic E-state index is 3.39. The van der Waals surface area contributed by atoms with E-state index in [-0.39, 0.29) is 0 Å². The summed E-state index contributed by atoms with van der Waals surface area (Å²) in [5.74, 6) is 0.788. The zero-order valence-electron chi connectivity index (χ0n) is 8.84. The Morgan fingerprint density at radius 3 is 2.29 bits per heavy atom. The van der Waals surface area contributed by atoms with E-state index in [2.05, 4.69) is 23.5 Å². The lowest BCUT2D eigenvalue weighted by atomic mass is 9.85. The summed E-state index contributed by atoms with van der Waals surface area (Å²) in [6.07, 6.45) is 18.4. The molecule has 1 heterocycles. The molecule has 0 atom stereocenters. The molecule has 0 unspecified atom stereocenters. The third kappa shape index (κ3) is 2.63. The molecule has 0 aromatic carbocycles. The van der Waals surface area contributed by atoms with Gasteiger partial charge in [-0.25, -0.2) is 0 Å². The van der Waals surface area contributed by atoms with Crippen LogP contribution in [0.2, 0.25) is 0 Å². The van der Waals surface area contributed by atoms with E-state index in [4.69, 9.17) is 0 Å². The number of nitrogens with one attached hydrogen (secondary N) is 1. The van der Waals surface area contributed by atoms with E-state index in [9.17, 15) is 0 Å². The Bertz CT molecular complexity index is 209. The van der Waals surface area contributed by atoms with Crippen LogP contribution < -0.4 is 5.32 Å². The lowest BCUT2D eigenvalue weighted by Gasteiger charge is -2.27. The molecule has 1 aliphatic carbocycles. The first kappa shape index (κ1) is 9.82. The average molecular weight is 190 g/mol. The van der Waals surface area contributed by atoms with E-state index in [1.54, 1.807) is 0 Å². The Balaban J connectivity index is 1.87. The summed E-state index contributed by atoms with van der Waals surface area (Å²) in [5, 5.41) is 3.39. The van der Waals surface area contributed by atoms with Crippen LogP contribution >= 0.6 is 0 Å². The molecular weight excluding hydrogens is 170 g/mol. The quantitative estimate of drug-likeness (QED) is 0.666. The molecule has 1 aliphatic heterocycles. The molecule has 0 aromatic heterocycles.